The van der Waals surface area contributed by atoms with Crippen LogP contribution < -0.4 is 4.90 Å². The van der Waals surface area contributed by atoms with Gasteiger partial charge in [-0.15, -0.1) is 12.4 Å². The maximum absolute atomic E-state index is 14.9. The van der Waals surface area contributed by atoms with E-state index >= 15 is 0 Å². The fraction of sp³-hybridized carbons (Fsp3) is 0.714. The van der Waals surface area contributed by atoms with Gasteiger partial charge in [0.2, 0.25) is 0 Å². The molecular weight excluding hydrogens is 321 g/mol. The number of benzene rings is 1. The minimum absolute atomic E-state index is 0. The Labute approximate surface area is 153 Å². The van der Waals surface area contributed by atoms with Crippen LogP contribution in [0.15, 0.2) is 18.2 Å². The third kappa shape index (κ3) is 4.25. The molecular formula is C21H33ClFN. The Morgan fingerprint density at radius 3 is 2.12 bits per heavy atom. The topological polar surface area (TPSA) is 3.24 Å². The van der Waals surface area contributed by atoms with Gasteiger partial charge in [-0.25, -0.2) is 4.39 Å². The van der Waals surface area contributed by atoms with Crippen LogP contribution in [0.1, 0.15) is 77.7 Å². The molecule has 1 heterocycles. The Kier molecular flexibility index (Phi) is 5.90. The van der Waals surface area contributed by atoms with E-state index in [1.54, 1.807) is 6.07 Å². The molecule has 0 unspecified atom stereocenters. The van der Waals surface area contributed by atoms with Crippen LogP contribution in [0.5, 0.6) is 0 Å². The Hall–Kier alpha value is -0.760. The van der Waals surface area contributed by atoms with Gasteiger partial charge in [-0.05, 0) is 67.4 Å². The lowest BCUT2D eigenvalue weighted by atomic mass is 9.60. The largest absolute Gasteiger partial charge is 0.371 e. The van der Waals surface area contributed by atoms with Crippen molar-refractivity contribution in [3.8, 4) is 0 Å². The lowest BCUT2D eigenvalue weighted by Gasteiger charge is -2.46. The van der Waals surface area contributed by atoms with Crippen molar-refractivity contribution in [3.63, 3.8) is 0 Å². The van der Waals surface area contributed by atoms with Crippen LogP contribution in [0.25, 0.3) is 0 Å². The first-order chi connectivity index (χ1) is 10.8. The lowest BCUT2D eigenvalue weighted by Crippen LogP contribution is -2.35. The van der Waals surface area contributed by atoms with Crippen molar-refractivity contribution in [2.24, 2.45) is 10.8 Å². The van der Waals surface area contributed by atoms with Crippen LogP contribution in [0, 0.1) is 16.6 Å². The third-order valence-electron chi connectivity index (χ3n) is 5.69. The maximum Gasteiger partial charge on any atom is 0.128 e. The molecule has 24 heavy (non-hydrogen) atoms. The summed E-state index contributed by atoms with van der Waals surface area (Å²) in [5, 5.41) is 0. The molecule has 136 valence electrons. The molecule has 0 radical (unpaired) electrons. The Morgan fingerprint density at radius 1 is 0.958 bits per heavy atom. The first-order valence-corrected chi connectivity index (χ1v) is 9.31. The van der Waals surface area contributed by atoms with E-state index in [-0.39, 0.29) is 29.1 Å². The number of rotatable bonds is 2. The Morgan fingerprint density at radius 2 is 1.54 bits per heavy atom. The van der Waals surface area contributed by atoms with Crippen LogP contribution in [0.2, 0.25) is 0 Å². The predicted molar refractivity (Wildman–Crippen MR) is 104 cm³/mol. The third-order valence-corrected chi connectivity index (χ3v) is 5.69. The van der Waals surface area contributed by atoms with E-state index in [1.807, 2.05) is 6.07 Å². The molecule has 2 aliphatic rings. The van der Waals surface area contributed by atoms with Gasteiger partial charge >= 0.3 is 0 Å². The monoisotopic (exact) mass is 353 g/mol. The summed E-state index contributed by atoms with van der Waals surface area (Å²) in [6, 6.07) is 5.71. The highest BCUT2D eigenvalue weighted by Crippen LogP contribution is 2.53. The molecule has 1 aliphatic carbocycles. The lowest BCUT2D eigenvalue weighted by molar-refractivity contribution is 0.0958. The average Bonchev–Trinajstić information content (AvgIpc) is 2.44. The summed E-state index contributed by atoms with van der Waals surface area (Å²) in [5.41, 5.74) is 2.74. The maximum atomic E-state index is 14.9. The van der Waals surface area contributed by atoms with Crippen molar-refractivity contribution in [1.82, 2.24) is 0 Å². The molecule has 1 saturated carbocycles. The van der Waals surface area contributed by atoms with Gasteiger partial charge in [-0.3, -0.25) is 0 Å². The highest BCUT2D eigenvalue weighted by molar-refractivity contribution is 5.85. The average molecular weight is 354 g/mol. The van der Waals surface area contributed by atoms with Crippen molar-refractivity contribution >= 4 is 18.1 Å². The summed E-state index contributed by atoms with van der Waals surface area (Å²) in [6.07, 6.45) is 7.19. The van der Waals surface area contributed by atoms with Gasteiger partial charge in [0.15, 0.2) is 0 Å². The molecule has 0 atom stereocenters. The molecule has 1 nitrogen and oxygen atoms in total. The van der Waals surface area contributed by atoms with Gasteiger partial charge in [0.1, 0.15) is 5.82 Å². The number of hydrogen-bond donors (Lipinski definition) is 0. The van der Waals surface area contributed by atoms with Crippen LogP contribution >= 0.6 is 12.4 Å². The zero-order valence-corrected chi connectivity index (χ0v) is 16.5. The Bertz CT molecular complexity index is 545. The molecule has 0 N–H and O–H groups in total. The van der Waals surface area contributed by atoms with Crippen molar-refractivity contribution in [2.45, 2.75) is 72.1 Å². The van der Waals surface area contributed by atoms with Gasteiger partial charge < -0.3 is 4.90 Å². The second-order valence-corrected chi connectivity index (χ2v) is 9.33. The summed E-state index contributed by atoms with van der Waals surface area (Å²) >= 11 is 0. The molecule has 3 heteroatoms. The number of hydrogen-bond acceptors (Lipinski definition) is 1. The van der Waals surface area contributed by atoms with Crippen LogP contribution in [-0.2, 0) is 0 Å². The van der Waals surface area contributed by atoms with Crippen LogP contribution in [-0.4, -0.2) is 13.1 Å². The zero-order chi connectivity index (χ0) is 16.7. The molecule has 1 aromatic rings. The number of anilines is 1. The van der Waals surface area contributed by atoms with Gasteiger partial charge in [0.25, 0.3) is 0 Å². The standard InChI is InChI=1S/C21H32FN.ClH/c1-20(2)13-16(14-21(3,4)15-20)19-17(22)9-8-10-18(19)23-11-6-5-7-12-23;/h8-10,16H,5-7,11-15H2,1-4H3;1H. The molecule has 0 aromatic heterocycles. The smallest absolute Gasteiger partial charge is 0.128 e. The van der Waals surface area contributed by atoms with E-state index in [0.29, 0.717) is 5.92 Å². The normalized spacial score (nSPS) is 23.6. The van der Waals surface area contributed by atoms with Crippen LogP contribution in [0.3, 0.4) is 0 Å². The quantitative estimate of drug-likeness (QED) is 0.582. The molecule has 2 fully saturated rings. The van der Waals surface area contributed by atoms with E-state index in [1.165, 1.54) is 31.4 Å². The summed E-state index contributed by atoms with van der Waals surface area (Å²) in [6.45, 7) is 11.6. The minimum Gasteiger partial charge on any atom is -0.371 e. The van der Waals surface area contributed by atoms with Crippen molar-refractivity contribution in [3.05, 3.63) is 29.6 Å². The predicted octanol–water partition coefficient (Wildman–Crippen LogP) is 6.56. The van der Waals surface area contributed by atoms with Crippen LogP contribution in [0.4, 0.5) is 10.1 Å². The zero-order valence-electron chi connectivity index (χ0n) is 15.7. The fourth-order valence-corrected chi connectivity index (χ4v) is 5.39. The summed E-state index contributed by atoms with van der Waals surface area (Å²) in [7, 11) is 0. The molecule has 0 bridgehead atoms. The van der Waals surface area contributed by atoms with Gasteiger partial charge in [0.05, 0.1) is 0 Å². The minimum atomic E-state index is 0. The first kappa shape index (κ1) is 19.6. The summed E-state index contributed by atoms with van der Waals surface area (Å²) in [5.74, 6) is 0.346. The summed E-state index contributed by atoms with van der Waals surface area (Å²) < 4.78 is 14.9. The molecule has 1 aromatic carbocycles. The number of nitrogens with zero attached hydrogens (tertiary/aromatic N) is 1. The van der Waals surface area contributed by atoms with E-state index in [4.69, 9.17) is 0 Å². The number of halogens is 2. The second kappa shape index (κ2) is 7.23. The van der Waals surface area contributed by atoms with Crippen molar-refractivity contribution < 1.29 is 4.39 Å². The van der Waals surface area contributed by atoms with Crippen molar-refractivity contribution in [1.29, 1.82) is 0 Å². The first-order valence-electron chi connectivity index (χ1n) is 9.31. The van der Waals surface area contributed by atoms with Gasteiger partial charge in [0, 0.05) is 24.3 Å². The van der Waals surface area contributed by atoms with E-state index in [0.717, 1.165) is 31.5 Å². The second-order valence-electron chi connectivity index (χ2n) is 9.33. The molecule has 0 amide bonds. The number of piperidine rings is 1. The molecule has 1 saturated heterocycles. The highest BCUT2D eigenvalue weighted by atomic mass is 35.5. The molecule has 1 aliphatic heterocycles. The fourth-order valence-electron chi connectivity index (χ4n) is 5.39. The molecule has 0 spiro atoms. The summed E-state index contributed by atoms with van der Waals surface area (Å²) in [4.78, 5) is 2.43. The van der Waals surface area contributed by atoms with E-state index in [2.05, 4.69) is 38.7 Å². The van der Waals surface area contributed by atoms with E-state index in [9.17, 15) is 4.39 Å². The van der Waals surface area contributed by atoms with E-state index < -0.39 is 0 Å². The molecule has 3 rings (SSSR count). The van der Waals surface area contributed by atoms with Gasteiger partial charge in [-0.1, -0.05) is 33.8 Å². The SMILES string of the molecule is CC1(C)CC(c2c(F)cccc2N2CCCCC2)CC(C)(C)C1.Cl. The highest BCUT2D eigenvalue weighted by Gasteiger charge is 2.40. The van der Waals surface area contributed by atoms with Crippen molar-refractivity contribution in [2.75, 3.05) is 18.0 Å². The van der Waals surface area contributed by atoms with Gasteiger partial charge in [-0.2, -0.15) is 0 Å². The Balaban J connectivity index is 0.00000208.